The van der Waals surface area contributed by atoms with Gasteiger partial charge in [-0.25, -0.2) is 0 Å². The molecule has 0 aliphatic heterocycles. The lowest BCUT2D eigenvalue weighted by Crippen LogP contribution is -2.45. The van der Waals surface area contributed by atoms with Gasteiger partial charge in [-0.05, 0) is 64.2 Å². The Bertz CT molecular complexity index is 1050. The van der Waals surface area contributed by atoms with Crippen LogP contribution in [-0.4, -0.2) is 34.9 Å². The lowest BCUT2D eigenvalue weighted by molar-refractivity contribution is -0.123. The number of aliphatic hydroxyl groups excluding tert-OH is 2. The zero-order chi connectivity index (χ0) is 44.2. The first-order chi connectivity index (χ1) is 30.2. The van der Waals surface area contributed by atoms with E-state index in [1.807, 2.05) is 0 Å². The second-order valence-electron chi connectivity index (χ2n) is 17.9. The van der Waals surface area contributed by atoms with Crippen LogP contribution in [0, 0.1) is 0 Å². The number of amides is 1. The van der Waals surface area contributed by atoms with Gasteiger partial charge >= 0.3 is 0 Å². The summed E-state index contributed by atoms with van der Waals surface area (Å²) >= 11 is 0. The van der Waals surface area contributed by atoms with Crippen molar-refractivity contribution in [2.45, 2.75) is 276 Å². The van der Waals surface area contributed by atoms with Gasteiger partial charge < -0.3 is 15.5 Å². The fraction of sp³-hybridized carbons (Fsp3) is 0.772. The normalized spacial score (nSPS) is 13.4. The maximum atomic E-state index is 12.4. The minimum atomic E-state index is -0.656. The lowest BCUT2D eigenvalue weighted by atomic mass is 10.0. The number of hydrogen-bond donors (Lipinski definition) is 3. The molecule has 61 heavy (non-hydrogen) atoms. The first-order valence-corrected chi connectivity index (χ1v) is 26.6. The number of carbonyl (C=O) groups is 1. The Kier molecular flexibility index (Phi) is 50.3. The van der Waals surface area contributed by atoms with Gasteiger partial charge in [0.1, 0.15) is 0 Å². The minimum absolute atomic E-state index is 0.0326. The maximum Gasteiger partial charge on any atom is 0.220 e. The van der Waals surface area contributed by atoms with Crippen molar-refractivity contribution in [1.82, 2.24) is 5.32 Å². The van der Waals surface area contributed by atoms with Crippen molar-refractivity contribution in [1.29, 1.82) is 0 Å². The van der Waals surface area contributed by atoms with Crippen LogP contribution in [0.2, 0.25) is 0 Å². The Morgan fingerprint density at radius 3 is 1.08 bits per heavy atom. The summed E-state index contributed by atoms with van der Waals surface area (Å²) in [7, 11) is 0. The third-order valence-electron chi connectivity index (χ3n) is 12.0. The Morgan fingerprint density at radius 2 is 0.721 bits per heavy atom. The predicted octanol–water partition coefficient (Wildman–Crippen LogP) is 17.4. The summed E-state index contributed by atoms with van der Waals surface area (Å²) in [4.78, 5) is 12.4. The van der Waals surface area contributed by atoms with Gasteiger partial charge in [0, 0.05) is 6.42 Å². The summed E-state index contributed by atoms with van der Waals surface area (Å²) in [6, 6.07) is -0.533. The number of nitrogens with one attached hydrogen (secondary N) is 1. The van der Waals surface area contributed by atoms with Crippen LogP contribution in [0.25, 0.3) is 0 Å². The van der Waals surface area contributed by atoms with Gasteiger partial charge in [0.15, 0.2) is 0 Å². The van der Waals surface area contributed by atoms with E-state index in [9.17, 15) is 15.0 Å². The number of aliphatic hydroxyl groups is 2. The second kappa shape index (κ2) is 52.2. The molecule has 4 heteroatoms. The van der Waals surface area contributed by atoms with Gasteiger partial charge in [-0.2, -0.15) is 0 Å². The van der Waals surface area contributed by atoms with E-state index in [2.05, 4.69) is 92.1 Å². The highest BCUT2D eigenvalue weighted by Gasteiger charge is 2.20. The predicted molar refractivity (Wildman–Crippen MR) is 271 cm³/mol. The highest BCUT2D eigenvalue weighted by Crippen LogP contribution is 2.17. The fourth-order valence-corrected chi connectivity index (χ4v) is 7.95. The monoisotopic (exact) mass is 850 g/mol. The Balaban J connectivity index is 3.38. The Hall–Kier alpha value is -2.17. The van der Waals surface area contributed by atoms with E-state index < -0.39 is 12.1 Å². The molecule has 354 valence electrons. The van der Waals surface area contributed by atoms with Crippen LogP contribution >= 0.6 is 0 Å². The lowest BCUT2D eigenvalue weighted by Gasteiger charge is -2.22. The molecule has 4 nitrogen and oxygen atoms in total. The van der Waals surface area contributed by atoms with Gasteiger partial charge in [0.2, 0.25) is 5.91 Å². The number of carbonyl (C=O) groups excluding carboxylic acids is 1. The summed E-state index contributed by atoms with van der Waals surface area (Å²) < 4.78 is 0. The Morgan fingerprint density at radius 1 is 0.410 bits per heavy atom. The molecular formula is C57H103NO3. The highest BCUT2D eigenvalue weighted by atomic mass is 16.3. The molecule has 0 aromatic carbocycles. The summed E-state index contributed by atoms with van der Waals surface area (Å²) in [6.45, 7) is 4.22. The van der Waals surface area contributed by atoms with Crippen LogP contribution in [0.15, 0.2) is 72.9 Å². The highest BCUT2D eigenvalue weighted by molar-refractivity contribution is 5.76. The number of unbranched alkanes of at least 4 members (excludes halogenated alkanes) is 29. The van der Waals surface area contributed by atoms with Crippen molar-refractivity contribution in [3.8, 4) is 0 Å². The van der Waals surface area contributed by atoms with E-state index in [-0.39, 0.29) is 12.5 Å². The van der Waals surface area contributed by atoms with Gasteiger partial charge in [-0.15, -0.1) is 0 Å². The van der Waals surface area contributed by atoms with Crippen LogP contribution in [-0.2, 0) is 4.79 Å². The maximum absolute atomic E-state index is 12.4. The van der Waals surface area contributed by atoms with Crippen molar-refractivity contribution < 1.29 is 15.0 Å². The molecule has 2 atom stereocenters. The average molecular weight is 850 g/mol. The molecule has 3 N–H and O–H groups in total. The largest absolute Gasteiger partial charge is 0.394 e. The number of allylic oxidation sites excluding steroid dienone is 12. The Labute approximate surface area is 380 Å². The minimum Gasteiger partial charge on any atom is -0.394 e. The number of rotatable bonds is 48. The van der Waals surface area contributed by atoms with Gasteiger partial charge in [-0.1, -0.05) is 267 Å². The van der Waals surface area contributed by atoms with Crippen molar-refractivity contribution in [2.24, 2.45) is 0 Å². The first kappa shape index (κ1) is 58.8. The molecule has 0 aliphatic carbocycles. The van der Waals surface area contributed by atoms with E-state index in [0.717, 1.165) is 64.2 Å². The van der Waals surface area contributed by atoms with E-state index >= 15 is 0 Å². The van der Waals surface area contributed by atoms with E-state index in [1.165, 1.54) is 173 Å². The smallest absolute Gasteiger partial charge is 0.220 e. The summed E-state index contributed by atoms with van der Waals surface area (Å²) in [5.74, 6) is -0.0326. The molecule has 0 rings (SSSR count). The van der Waals surface area contributed by atoms with Crippen LogP contribution < -0.4 is 5.32 Å². The average Bonchev–Trinajstić information content (AvgIpc) is 3.26. The third-order valence-corrected chi connectivity index (χ3v) is 12.0. The molecule has 0 saturated heterocycles. The standard InChI is InChI=1S/C57H103NO3/c1-3-5-7-9-11-13-14-15-16-17-18-19-20-21-22-23-24-25-26-27-28-29-30-31-32-33-34-35-36-37-38-39-40-41-42-43-44-45-47-49-51-53-57(61)58-55(54-59)56(60)52-50-48-46-12-10-8-6-4-2/h5,7,11,13,15-16,18-19,21-22,24-25,55-56,59-60H,3-4,6,8-10,12,14,17,20,23,26-54H2,1-2H3,(H,58,61)/b7-5-,13-11-,16-15-,19-18-,22-21-,25-24-. The van der Waals surface area contributed by atoms with E-state index in [0.29, 0.717) is 12.8 Å². The van der Waals surface area contributed by atoms with E-state index in [4.69, 9.17) is 0 Å². The topological polar surface area (TPSA) is 69.6 Å². The van der Waals surface area contributed by atoms with Crippen LogP contribution in [0.1, 0.15) is 264 Å². The van der Waals surface area contributed by atoms with Gasteiger partial charge in [0.25, 0.3) is 0 Å². The first-order valence-electron chi connectivity index (χ1n) is 26.6. The molecule has 2 unspecified atom stereocenters. The third kappa shape index (κ3) is 48.7. The summed E-state index contributed by atoms with van der Waals surface area (Å²) in [6.07, 6.45) is 74.8. The van der Waals surface area contributed by atoms with Crippen LogP contribution in [0.4, 0.5) is 0 Å². The molecular weight excluding hydrogens is 747 g/mol. The number of hydrogen-bond acceptors (Lipinski definition) is 3. The van der Waals surface area contributed by atoms with Crippen LogP contribution in [0.5, 0.6) is 0 Å². The van der Waals surface area contributed by atoms with Crippen molar-refractivity contribution in [3.05, 3.63) is 72.9 Å². The van der Waals surface area contributed by atoms with Gasteiger partial charge in [-0.3, -0.25) is 4.79 Å². The quantitative estimate of drug-likeness (QED) is 0.0422. The zero-order valence-electron chi connectivity index (χ0n) is 40.7. The van der Waals surface area contributed by atoms with E-state index in [1.54, 1.807) is 0 Å². The van der Waals surface area contributed by atoms with Crippen molar-refractivity contribution >= 4 is 5.91 Å². The molecule has 0 aromatic rings. The molecule has 0 aromatic heterocycles. The fourth-order valence-electron chi connectivity index (χ4n) is 7.95. The molecule has 0 radical (unpaired) electrons. The van der Waals surface area contributed by atoms with Crippen molar-refractivity contribution in [2.75, 3.05) is 6.61 Å². The van der Waals surface area contributed by atoms with Gasteiger partial charge in [0.05, 0.1) is 18.8 Å². The molecule has 0 aliphatic rings. The molecule has 0 fully saturated rings. The zero-order valence-corrected chi connectivity index (χ0v) is 40.7. The van der Waals surface area contributed by atoms with Crippen molar-refractivity contribution in [3.63, 3.8) is 0 Å². The molecule has 0 heterocycles. The van der Waals surface area contributed by atoms with Crippen LogP contribution in [0.3, 0.4) is 0 Å². The summed E-state index contributed by atoms with van der Waals surface area (Å²) in [5, 5.41) is 23.0. The molecule has 1 amide bonds. The molecule has 0 saturated carbocycles. The molecule has 0 spiro atoms. The second-order valence-corrected chi connectivity index (χ2v) is 17.9. The summed E-state index contributed by atoms with van der Waals surface area (Å²) in [5.41, 5.74) is 0. The SMILES string of the molecule is CC/C=C\C/C=C\C/C=C\C/C=C\C/C=C\C/C=C\CCCCCCCCCCCCCCCCCCCCCCCCC(=O)NC(CO)C(O)CCCCCCCCCC. The molecule has 0 bridgehead atoms.